The summed E-state index contributed by atoms with van der Waals surface area (Å²) in [5.74, 6) is -2.85. The van der Waals surface area contributed by atoms with E-state index in [-0.39, 0.29) is 68.7 Å². The fraction of sp³-hybridized carbons (Fsp3) is 0.222. The number of carbonyl (C=O) groups excluding carboxylic acids is 4. The normalized spacial score (nSPS) is 11.7. The molecule has 0 radical (unpaired) electrons. The van der Waals surface area contributed by atoms with Crippen LogP contribution >= 0.6 is 56.7 Å². The van der Waals surface area contributed by atoms with Crippen LogP contribution in [0.1, 0.15) is 88.6 Å². The van der Waals surface area contributed by atoms with Crippen LogP contribution in [-0.2, 0) is 18.9 Å². The van der Waals surface area contributed by atoms with Crippen molar-refractivity contribution < 1.29 is 38.1 Å². The molecule has 0 amide bonds. The molecule has 53 heavy (non-hydrogen) atoms. The Kier molecular flexibility index (Phi) is 14.2. The first-order valence-corrected chi connectivity index (χ1v) is 20.3. The predicted octanol–water partition coefficient (Wildman–Crippen LogP) is 9.70. The number of aliphatic imine (C=N–C) groups is 4. The molecule has 0 N–H and O–H groups in total. The molecule has 0 aliphatic rings. The molecule has 5 heterocycles. The number of ether oxygens (including phenoxy) is 4. The van der Waals surface area contributed by atoms with Gasteiger partial charge in [-0.25, -0.2) is 39.1 Å². The van der Waals surface area contributed by atoms with Crippen LogP contribution in [0.25, 0.3) is 0 Å². The molecule has 0 aliphatic heterocycles. The molecule has 0 saturated heterocycles. The summed E-state index contributed by atoms with van der Waals surface area (Å²) < 4.78 is 21.2. The topological polar surface area (TPSA) is 155 Å². The lowest BCUT2D eigenvalue weighted by Crippen LogP contribution is -2.12. The van der Waals surface area contributed by atoms with Gasteiger partial charge in [-0.2, -0.15) is 0 Å². The number of thiophene rings is 5. The number of carbonyl (C=O) groups is 4. The molecule has 274 valence electrons. The first-order valence-electron chi connectivity index (χ1n) is 16.1. The van der Waals surface area contributed by atoms with Crippen molar-refractivity contribution in [2.24, 2.45) is 20.0 Å². The number of hydrogen-bond donors (Lipinski definition) is 0. The Morgan fingerprint density at radius 3 is 1.04 bits per heavy atom. The molecule has 5 aromatic heterocycles. The van der Waals surface area contributed by atoms with Gasteiger partial charge in [0.1, 0.15) is 42.3 Å². The van der Waals surface area contributed by atoms with Crippen molar-refractivity contribution in [3.05, 3.63) is 88.9 Å². The van der Waals surface area contributed by atoms with Crippen LogP contribution in [0, 0.1) is 0 Å². The SMILES string of the molecule is CCOC(=O)c1c(N=Cc2cccs2)sc(N=Cc2ccc(C=Nc3sc(N=Cc4cccs4)c(C(=O)OCC)c3C(=O)OCC)s2)c1C(=O)OCC. The highest BCUT2D eigenvalue weighted by molar-refractivity contribution is 7.21. The van der Waals surface area contributed by atoms with Crippen molar-refractivity contribution in [2.45, 2.75) is 27.7 Å². The first kappa shape index (κ1) is 39.3. The van der Waals surface area contributed by atoms with E-state index in [9.17, 15) is 19.2 Å². The third-order valence-corrected chi connectivity index (χ3v) is 11.2. The molecule has 17 heteroatoms. The molecule has 0 atom stereocenters. The lowest BCUT2D eigenvalue weighted by molar-refractivity contribution is 0.0481. The molecule has 0 bridgehead atoms. The fourth-order valence-electron chi connectivity index (χ4n) is 4.47. The number of esters is 4. The smallest absolute Gasteiger partial charge is 0.342 e. The maximum Gasteiger partial charge on any atom is 0.342 e. The quantitative estimate of drug-likeness (QED) is 0.0542. The molecule has 0 spiro atoms. The standard InChI is InChI=1S/C36H32N4O8S5/c1-5-45-33(41)25-27(35(43)47-7-3)31(52-29(25)37-17-21-11-9-15-49-21)39-19-23-13-14-24(51-23)20-40-32-28(36(44)48-8-4)26(34(42)46-6-2)30(53-32)38-18-22-12-10-16-50-22/h9-20H,5-8H2,1-4H3. The van der Waals surface area contributed by atoms with Gasteiger partial charge in [0.25, 0.3) is 0 Å². The second-order valence-electron chi connectivity index (χ2n) is 10.1. The van der Waals surface area contributed by atoms with E-state index in [1.54, 1.807) is 64.7 Å². The summed E-state index contributed by atoms with van der Waals surface area (Å²) in [6.07, 6.45) is 6.35. The fourth-order valence-corrected chi connectivity index (χ4v) is 8.34. The van der Waals surface area contributed by atoms with Gasteiger partial charge in [-0.15, -0.1) is 34.0 Å². The zero-order valence-electron chi connectivity index (χ0n) is 28.9. The number of hydrogen-bond acceptors (Lipinski definition) is 17. The Morgan fingerprint density at radius 2 is 0.774 bits per heavy atom. The summed E-state index contributed by atoms with van der Waals surface area (Å²) >= 11 is 6.41. The molecule has 0 saturated carbocycles. The average molecular weight is 809 g/mol. The van der Waals surface area contributed by atoms with Gasteiger partial charge in [-0.3, -0.25) is 0 Å². The van der Waals surface area contributed by atoms with Crippen molar-refractivity contribution in [3.63, 3.8) is 0 Å². The monoisotopic (exact) mass is 808 g/mol. The molecule has 0 fully saturated rings. The van der Waals surface area contributed by atoms with Gasteiger partial charge in [0.05, 0.1) is 26.4 Å². The van der Waals surface area contributed by atoms with Gasteiger partial charge in [-0.1, -0.05) is 34.8 Å². The second-order valence-corrected chi connectivity index (χ2v) is 15.2. The van der Waals surface area contributed by atoms with E-state index >= 15 is 0 Å². The van der Waals surface area contributed by atoms with E-state index in [0.717, 1.165) is 32.4 Å². The number of rotatable bonds is 16. The van der Waals surface area contributed by atoms with E-state index in [1.165, 1.54) is 34.0 Å². The van der Waals surface area contributed by atoms with Gasteiger partial charge >= 0.3 is 23.9 Å². The lowest BCUT2D eigenvalue weighted by atomic mass is 10.1. The Labute approximate surface area is 324 Å². The van der Waals surface area contributed by atoms with Crippen LogP contribution in [0.15, 0.2) is 67.1 Å². The molecular formula is C36H32N4O8S5. The van der Waals surface area contributed by atoms with Crippen LogP contribution in [-0.4, -0.2) is 75.2 Å². The Balaban J connectivity index is 1.49. The largest absolute Gasteiger partial charge is 0.462 e. The van der Waals surface area contributed by atoms with Crippen molar-refractivity contribution >= 4 is 125 Å². The minimum atomic E-state index is -0.717. The Hall–Kier alpha value is -4.94. The van der Waals surface area contributed by atoms with Gasteiger partial charge in [0, 0.05) is 44.4 Å². The van der Waals surface area contributed by atoms with Gasteiger partial charge in [0.2, 0.25) is 0 Å². The first-order chi connectivity index (χ1) is 25.8. The van der Waals surface area contributed by atoms with Crippen LogP contribution in [0.4, 0.5) is 20.0 Å². The average Bonchev–Trinajstić information content (AvgIpc) is 3.99. The molecule has 0 aliphatic carbocycles. The summed E-state index contributed by atoms with van der Waals surface area (Å²) in [7, 11) is 0. The van der Waals surface area contributed by atoms with Crippen LogP contribution < -0.4 is 0 Å². The zero-order chi connectivity index (χ0) is 37.7. The Bertz CT molecular complexity index is 2020. The molecular weight excluding hydrogens is 777 g/mol. The minimum absolute atomic E-state index is 0.0103. The lowest BCUT2D eigenvalue weighted by Gasteiger charge is -2.05. The van der Waals surface area contributed by atoms with E-state index in [2.05, 4.69) is 20.0 Å². The van der Waals surface area contributed by atoms with Gasteiger partial charge in [0.15, 0.2) is 0 Å². The number of nitrogens with zero attached hydrogens (tertiary/aromatic N) is 4. The van der Waals surface area contributed by atoms with Crippen molar-refractivity contribution in [1.29, 1.82) is 0 Å². The van der Waals surface area contributed by atoms with Crippen molar-refractivity contribution in [3.8, 4) is 0 Å². The molecule has 12 nitrogen and oxygen atoms in total. The summed E-state index contributed by atoms with van der Waals surface area (Å²) in [5, 5.41) is 4.80. The maximum atomic E-state index is 13.2. The van der Waals surface area contributed by atoms with Gasteiger partial charge in [-0.05, 0) is 62.7 Å². The van der Waals surface area contributed by atoms with Crippen molar-refractivity contribution in [2.75, 3.05) is 26.4 Å². The zero-order valence-corrected chi connectivity index (χ0v) is 32.9. The second kappa shape index (κ2) is 19.2. The van der Waals surface area contributed by atoms with Crippen LogP contribution in [0.5, 0.6) is 0 Å². The summed E-state index contributed by atoms with van der Waals surface area (Å²) in [4.78, 5) is 73.8. The molecule has 5 rings (SSSR count). The molecule has 0 unspecified atom stereocenters. The highest BCUT2D eigenvalue weighted by Gasteiger charge is 2.31. The van der Waals surface area contributed by atoms with E-state index < -0.39 is 23.9 Å². The van der Waals surface area contributed by atoms with E-state index in [1.807, 2.05) is 35.0 Å². The van der Waals surface area contributed by atoms with Crippen LogP contribution in [0.2, 0.25) is 0 Å². The highest BCUT2D eigenvalue weighted by atomic mass is 32.1. The highest BCUT2D eigenvalue weighted by Crippen LogP contribution is 2.44. The predicted molar refractivity (Wildman–Crippen MR) is 214 cm³/mol. The van der Waals surface area contributed by atoms with Crippen LogP contribution in [0.3, 0.4) is 0 Å². The molecule has 0 aromatic carbocycles. The van der Waals surface area contributed by atoms with E-state index in [4.69, 9.17) is 18.9 Å². The maximum absolute atomic E-state index is 13.2. The Morgan fingerprint density at radius 1 is 0.472 bits per heavy atom. The minimum Gasteiger partial charge on any atom is -0.462 e. The molecule has 5 aromatic rings. The third kappa shape index (κ3) is 9.94. The van der Waals surface area contributed by atoms with Crippen molar-refractivity contribution in [1.82, 2.24) is 0 Å². The third-order valence-electron chi connectivity index (χ3n) is 6.63. The summed E-state index contributed by atoms with van der Waals surface area (Å²) in [6, 6.07) is 11.1. The van der Waals surface area contributed by atoms with Gasteiger partial charge < -0.3 is 18.9 Å². The summed E-state index contributed by atoms with van der Waals surface area (Å²) in [5.41, 5.74) is -0.0718. The summed E-state index contributed by atoms with van der Waals surface area (Å²) in [6.45, 7) is 7.08. The van der Waals surface area contributed by atoms with E-state index in [0.29, 0.717) is 9.75 Å².